The zero-order valence-electron chi connectivity index (χ0n) is 39.1. The Balaban J connectivity index is 0.962. The normalized spacial score (nSPS) is 11.6. The first-order valence-corrected chi connectivity index (χ1v) is 24.5. The van der Waals surface area contributed by atoms with E-state index in [2.05, 4.69) is 265 Å². The van der Waals surface area contributed by atoms with Crippen molar-refractivity contribution >= 4 is 99.5 Å². The summed E-state index contributed by atoms with van der Waals surface area (Å²) in [6.07, 6.45) is 0. The van der Waals surface area contributed by atoms with Crippen molar-refractivity contribution in [3.8, 4) is 33.4 Å². The predicted octanol–water partition coefficient (Wildman–Crippen LogP) is 19.7. The van der Waals surface area contributed by atoms with Crippen LogP contribution in [0.25, 0.3) is 98.8 Å². The lowest BCUT2D eigenvalue weighted by Gasteiger charge is -2.31. The van der Waals surface area contributed by atoms with Crippen molar-refractivity contribution in [2.24, 2.45) is 0 Å². The smallest absolute Gasteiger partial charge is 0.137 e. The minimum absolute atomic E-state index is 0.833. The third-order valence-corrected chi connectivity index (χ3v) is 14.2. The van der Waals surface area contributed by atoms with E-state index in [0.29, 0.717) is 0 Å². The van der Waals surface area contributed by atoms with Gasteiger partial charge in [0.15, 0.2) is 0 Å². The van der Waals surface area contributed by atoms with E-state index in [1.165, 1.54) is 27.1 Å². The second-order valence-corrected chi connectivity index (χ2v) is 18.5. The Kier molecular flexibility index (Phi) is 9.82. The number of rotatable bonds is 9. The van der Waals surface area contributed by atoms with Gasteiger partial charge in [0.2, 0.25) is 0 Å². The van der Waals surface area contributed by atoms with Gasteiger partial charge in [-0.15, -0.1) is 0 Å². The molecular formula is C68H44N2O2. The topological polar surface area (TPSA) is 32.8 Å². The lowest BCUT2D eigenvalue weighted by Crippen LogP contribution is -2.13. The Hall–Kier alpha value is -9.64. The number of fused-ring (bicyclic) bond motifs is 9. The van der Waals surface area contributed by atoms with E-state index in [0.717, 1.165) is 106 Å². The molecule has 0 bridgehead atoms. The highest BCUT2D eigenvalue weighted by atomic mass is 16.3. The first-order chi connectivity index (χ1) is 35.7. The number of hydrogen-bond donors (Lipinski definition) is 0. The molecule has 0 aliphatic rings. The molecule has 0 unspecified atom stereocenters. The van der Waals surface area contributed by atoms with Crippen molar-refractivity contribution in [1.82, 2.24) is 0 Å². The van der Waals surface area contributed by atoms with Crippen LogP contribution in [-0.2, 0) is 0 Å². The summed E-state index contributed by atoms with van der Waals surface area (Å²) in [5.41, 5.74) is 16.2. The van der Waals surface area contributed by atoms with Crippen molar-refractivity contribution in [3.63, 3.8) is 0 Å². The summed E-state index contributed by atoms with van der Waals surface area (Å²) < 4.78 is 13.3. The molecule has 4 nitrogen and oxygen atoms in total. The molecule has 0 radical (unpaired) electrons. The van der Waals surface area contributed by atoms with E-state index in [9.17, 15) is 0 Å². The summed E-state index contributed by atoms with van der Waals surface area (Å²) in [5.74, 6) is 0. The molecular weight excluding hydrogens is 877 g/mol. The molecule has 4 heteroatoms. The van der Waals surface area contributed by atoms with Gasteiger partial charge in [0.25, 0.3) is 0 Å². The first kappa shape index (κ1) is 41.3. The standard InChI is InChI=1S/C68H44N2O2/c1-2-15-45(16-3-1)50-20-14-21-53(42-50)70(55-36-38-60-59-25-10-13-28-64(59)71-66(60)43-55)63-27-12-9-24-58(63)57-23-8-11-26-62(57)69(52-34-31-47(32-35-52)51-30-29-46-17-4-5-19-49(46)41-51)54-37-39-61-67(44-54)72-65-40-33-48-18-6-7-22-56(48)68(61)65/h1-44H. The fourth-order valence-corrected chi connectivity index (χ4v) is 10.8. The number of anilines is 6. The summed E-state index contributed by atoms with van der Waals surface area (Å²) in [6.45, 7) is 0. The van der Waals surface area contributed by atoms with Gasteiger partial charge in [-0.25, -0.2) is 0 Å². The van der Waals surface area contributed by atoms with Crippen LogP contribution >= 0.6 is 0 Å². The third-order valence-electron chi connectivity index (χ3n) is 14.2. The molecule has 0 atom stereocenters. The minimum Gasteiger partial charge on any atom is -0.456 e. The van der Waals surface area contributed by atoms with Crippen LogP contribution in [0.3, 0.4) is 0 Å². The van der Waals surface area contributed by atoms with Crippen LogP contribution in [0, 0.1) is 0 Å². The molecule has 0 aliphatic heterocycles. The molecule has 0 fully saturated rings. The summed E-state index contributed by atoms with van der Waals surface area (Å²) in [4.78, 5) is 4.75. The Morgan fingerprint density at radius 1 is 0.236 bits per heavy atom. The maximum Gasteiger partial charge on any atom is 0.137 e. The first-order valence-electron chi connectivity index (χ1n) is 24.5. The molecule has 338 valence electrons. The zero-order chi connectivity index (χ0) is 47.5. The second-order valence-electron chi connectivity index (χ2n) is 18.5. The predicted molar refractivity (Wildman–Crippen MR) is 302 cm³/mol. The highest BCUT2D eigenvalue weighted by molar-refractivity contribution is 6.19. The molecule has 0 N–H and O–H groups in total. The molecule has 0 aliphatic carbocycles. The van der Waals surface area contributed by atoms with Crippen LogP contribution in [0.4, 0.5) is 34.1 Å². The number of para-hydroxylation sites is 3. The van der Waals surface area contributed by atoms with Crippen molar-refractivity contribution in [2.75, 3.05) is 9.80 Å². The quantitative estimate of drug-likeness (QED) is 0.144. The van der Waals surface area contributed by atoms with Gasteiger partial charge in [0.05, 0.1) is 11.4 Å². The Labute approximate surface area is 416 Å². The van der Waals surface area contributed by atoms with E-state index in [4.69, 9.17) is 8.83 Å². The maximum atomic E-state index is 6.75. The lowest BCUT2D eigenvalue weighted by atomic mass is 9.97. The van der Waals surface area contributed by atoms with Crippen molar-refractivity contribution in [3.05, 3.63) is 267 Å². The SMILES string of the molecule is c1ccc(-c2cccc(N(c3ccc4c(c3)oc3ccccc34)c3ccccc3-c3ccccc3N(c3ccc(-c4ccc5ccccc5c4)cc3)c3ccc4c(c3)oc3ccc5ccccc5c34)c2)cc1. The largest absolute Gasteiger partial charge is 0.456 e. The summed E-state index contributed by atoms with van der Waals surface area (Å²) in [5, 5.41) is 9.23. The van der Waals surface area contributed by atoms with Crippen molar-refractivity contribution in [1.29, 1.82) is 0 Å². The van der Waals surface area contributed by atoms with Crippen LogP contribution in [0.15, 0.2) is 276 Å². The average molecular weight is 921 g/mol. The third kappa shape index (κ3) is 7.08. The van der Waals surface area contributed by atoms with Crippen molar-refractivity contribution < 1.29 is 8.83 Å². The molecule has 2 aromatic heterocycles. The van der Waals surface area contributed by atoms with Gasteiger partial charge in [0.1, 0.15) is 22.3 Å². The number of furan rings is 2. The van der Waals surface area contributed by atoms with Crippen LogP contribution in [0.1, 0.15) is 0 Å². The molecule has 2 heterocycles. The fraction of sp³-hybridized carbons (Fsp3) is 0. The molecule has 0 saturated heterocycles. The molecule has 12 aromatic carbocycles. The summed E-state index contributed by atoms with van der Waals surface area (Å²) in [6, 6.07) is 95.5. The van der Waals surface area contributed by atoms with Gasteiger partial charge < -0.3 is 18.6 Å². The zero-order valence-corrected chi connectivity index (χ0v) is 39.1. The van der Waals surface area contributed by atoms with Crippen LogP contribution in [-0.4, -0.2) is 0 Å². The van der Waals surface area contributed by atoms with Gasteiger partial charge in [-0.2, -0.15) is 0 Å². The van der Waals surface area contributed by atoms with E-state index >= 15 is 0 Å². The monoisotopic (exact) mass is 920 g/mol. The van der Waals surface area contributed by atoms with E-state index in [-0.39, 0.29) is 0 Å². The highest BCUT2D eigenvalue weighted by Crippen LogP contribution is 2.49. The second kappa shape index (κ2) is 17.1. The lowest BCUT2D eigenvalue weighted by molar-refractivity contribution is 0.668. The molecule has 0 amide bonds. The number of nitrogens with zero attached hydrogens (tertiary/aromatic N) is 2. The summed E-state index contributed by atoms with van der Waals surface area (Å²) in [7, 11) is 0. The summed E-state index contributed by atoms with van der Waals surface area (Å²) >= 11 is 0. The molecule has 14 rings (SSSR count). The van der Waals surface area contributed by atoms with Crippen LogP contribution in [0.2, 0.25) is 0 Å². The van der Waals surface area contributed by atoms with E-state index in [1.54, 1.807) is 0 Å². The molecule has 0 saturated carbocycles. The van der Waals surface area contributed by atoms with Crippen LogP contribution in [0.5, 0.6) is 0 Å². The Morgan fingerprint density at radius 3 is 1.51 bits per heavy atom. The number of benzene rings is 12. The minimum atomic E-state index is 0.833. The van der Waals surface area contributed by atoms with Gasteiger partial charge in [-0.1, -0.05) is 176 Å². The maximum absolute atomic E-state index is 6.75. The Morgan fingerprint density at radius 2 is 0.736 bits per heavy atom. The average Bonchev–Trinajstić information content (AvgIpc) is 4.02. The van der Waals surface area contributed by atoms with Gasteiger partial charge in [0, 0.05) is 67.6 Å². The van der Waals surface area contributed by atoms with Crippen LogP contribution < -0.4 is 9.80 Å². The van der Waals surface area contributed by atoms with E-state index in [1.807, 2.05) is 12.1 Å². The fourth-order valence-electron chi connectivity index (χ4n) is 10.8. The molecule has 72 heavy (non-hydrogen) atoms. The Bertz CT molecular complexity index is 4360. The van der Waals surface area contributed by atoms with Gasteiger partial charge in [-0.3, -0.25) is 0 Å². The highest BCUT2D eigenvalue weighted by Gasteiger charge is 2.24. The molecule has 0 spiro atoms. The van der Waals surface area contributed by atoms with Gasteiger partial charge >= 0.3 is 0 Å². The van der Waals surface area contributed by atoms with Crippen molar-refractivity contribution in [2.45, 2.75) is 0 Å². The van der Waals surface area contributed by atoms with Gasteiger partial charge in [-0.05, 0) is 123 Å². The number of hydrogen-bond acceptors (Lipinski definition) is 4. The molecule has 14 aromatic rings. The van der Waals surface area contributed by atoms with E-state index < -0.39 is 0 Å².